The zero-order valence-corrected chi connectivity index (χ0v) is 10.9. The third-order valence-corrected chi connectivity index (χ3v) is 2.91. The summed E-state index contributed by atoms with van der Waals surface area (Å²) in [5, 5.41) is 9.04. The minimum absolute atomic E-state index is 0.0195. The molecular formula is C15H15NO3. The maximum Gasteiger partial charge on any atom is 0.354 e. The van der Waals surface area contributed by atoms with Crippen molar-refractivity contribution in [2.24, 2.45) is 0 Å². The highest BCUT2D eigenvalue weighted by atomic mass is 16.5. The molecule has 98 valence electrons. The number of pyridine rings is 1. The highest BCUT2D eigenvalue weighted by Gasteiger charge is 2.10. The van der Waals surface area contributed by atoms with Gasteiger partial charge in [-0.1, -0.05) is 31.2 Å². The highest BCUT2D eigenvalue weighted by molar-refractivity contribution is 5.86. The van der Waals surface area contributed by atoms with Crippen molar-refractivity contribution < 1.29 is 14.6 Å². The number of hydrogen-bond donors (Lipinski definition) is 1. The van der Waals surface area contributed by atoms with E-state index in [1.807, 2.05) is 24.3 Å². The van der Waals surface area contributed by atoms with Gasteiger partial charge in [-0.05, 0) is 12.0 Å². The first-order valence-corrected chi connectivity index (χ1v) is 6.02. The number of aromatic carboxylic acids is 1. The van der Waals surface area contributed by atoms with Crippen molar-refractivity contribution in [1.29, 1.82) is 0 Å². The van der Waals surface area contributed by atoms with Gasteiger partial charge in [0.15, 0.2) is 5.69 Å². The summed E-state index contributed by atoms with van der Waals surface area (Å²) in [6.45, 7) is 2.08. The van der Waals surface area contributed by atoms with Crippen LogP contribution in [0.15, 0.2) is 36.4 Å². The Morgan fingerprint density at radius 1 is 1.26 bits per heavy atom. The molecule has 0 radical (unpaired) electrons. The van der Waals surface area contributed by atoms with Gasteiger partial charge in [-0.15, -0.1) is 0 Å². The van der Waals surface area contributed by atoms with E-state index in [1.165, 1.54) is 18.7 Å². The maximum absolute atomic E-state index is 11.0. The Morgan fingerprint density at radius 2 is 1.95 bits per heavy atom. The van der Waals surface area contributed by atoms with E-state index < -0.39 is 5.97 Å². The molecular weight excluding hydrogens is 242 g/mol. The molecule has 0 atom stereocenters. The fraction of sp³-hybridized carbons (Fsp3) is 0.200. The first-order chi connectivity index (χ1) is 9.13. The average Bonchev–Trinajstić information content (AvgIpc) is 2.46. The van der Waals surface area contributed by atoms with Gasteiger partial charge in [-0.3, -0.25) is 0 Å². The molecule has 1 heterocycles. The van der Waals surface area contributed by atoms with Gasteiger partial charge in [0, 0.05) is 17.7 Å². The van der Waals surface area contributed by atoms with Crippen molar-refractivity contribution in [3.63, 3.8) is 0 Å². The van der Waals surface area contributed by atoms with Crippen LogP contribution in [0, 0.1) is 0 Å². The summed E-state index contributed by atoms with van der Waals surface area (Å²) in [7, 11) is 1.50. The van der Waals surface area contributed by atoms with Crippen molar-refractivity contribution in [2.75, 3.05) is 7.11 Å². The molecule has 0 bridgehead atoms. The third kappa shape index (κ3) is 2.91. The van der Waals surface area contributed by atoms with Gasteiger partial charge in [0.05, 0.1) is 12.8 Å². The predicted molar refractivity (Wildman–Crippen MR) is 72.6 cm³/mol. The zero-order chi connectivity index (χ0) is 13.8. The van der Waals surface area contributed by atoms with E-state index >= 15 is 0 Å². The summed E-state index contributed by atoms with van der Waals surface area (Å²) in [6, 6.07) is 11.0. The molecule has 4 heteroatoms. The van der Waals surface area contributed by atoms with Crippen molar-refractivity contribution in [2.45, 2.75) is 13.3 Å². The van der Waals surface area contributed by atoms with Crippen LogP contribution < -0.4 is 4.74 Å². The minimum atomic E-state index is -1.06. The lowest BCUT2D eigenvalue weighted by atomic mass is 10.1. The lowest BCUT2D eigenvalue weighted by molar-refractivity contribution is 0.0690. The quantitative estimate of drug-likeness (QED) is 0.914. The number of aryl methyl sites for hydroxylation is 1. The fourth-order valence-electron chi connectivity index (χ4n) is 1.79. The standard InChI is InChI=1S/C15H15NO3/c1-3-10-4-6-11(7-5-10)13-8-12(19-2)9-14(16-13)15(17)18/h4-9H,3H2,1-2H3,(H,17,18). The van der Waals surface area contributed by atoms with Crippen LogP contribution in [0.1, 0.15) is 23.0 Å². The number of ether oxygens (including phenoxy) is 1. The molecule has 2 rings (SSSR count). The number of carboxylic acid groups (broad SMARTS) is 1. The molecule has 0 saturated carbocycles. The topological polar surface area (TPSA) is 59.4 Å². The Labute approximate surface area is 111 Å². The van der Waals surface area contributed by atoms with Gasteiger partial charge in [0.25, 0.3) is 0 Å². The number of benzene rings is 1. The number of nitrogens with zero attached hydrogens (tertiary/aromatic N) is 1. The number of carboxylic acids is 1. The van der Waals surface area contributed by atoms with Crippen LogP contribution in [0.4, 0.5) is 0 Å². The summed E-state index contributed by atoms with van der Waals surface area (Å²) in [5.74, 6) is -0.577. The second-order valence-corrected chi connectivity index (χ2v) is 4.13. The lowest BCUT2D eigenvalue weighted by Gasteiger charge is -2.07. The Morgan fingerprint density at radius 3 is 2.47 bits per heavy atom. The molecule has 0 aliphatic carbocycles. The summed E-state index contributed by atoms with van der Waals surface area (Å²) in [6.07, 6.45) is 0.964. The minimum Gasteiger partial charge on any atom is -0.497 e. The summed E-state index contributed by atoms with van der Waals surface area (Å²) < 4.78 is 5.11. The highest BCUT2D eigenvalue weighted by Crippen LogP contribution is 2.23. The van der Waals surface area contributed by atoms with Crippen LogP contribution in [0.2, 0.25) is 0 Å². The van der Waals surface area contributed by atoms with E-state index in [0.29, 0.717) is 11.4 Å². The van der Waals surface area contributed by atoms with Crippen molar-refractivity contribution in [3.8, 4) is 17.0 Å². The van der Waals surface area contributed by atoms with E-state index in [9.17, 15) is 4.79 Å². The number of methoxy groups -OCH3 is 1. The SMILES string of the molecule is CCc1ccc(-c2cc(OC)cc(C(=O)O)n2)cc1. The molecule has 0 aliphatic heterocycles. The Bertz CT molecular complexity index is 591. The lowest BCUT2D eigenvalue weighted by Crippen LogP contribution is -2.02. The molecule has 0 saturated heterocycles. The van der Waals surface area contributed by atoms with Gasteiger partial charge in [0.2, 0.25) is 0 Å². The summed E-state index contributed by atoms with van der Waals surface area (Å²) >= 11 is 0. The molecule has 19 heavy (non-hydrogen) atoms. The second-order valence-electron chi connectivity index (χ2n) is 4.13. The van der Waals surface area contributed by atoms with Crippen molar-refractivity contribution in [3.05, 3.63) is 47.7 Å². The van der Waals surface area contributed by atoms with E-state index in [2.05, 4.69) is 11.9 Å². The summed E-state index contributed by atoms with van der Waals surface area (Å²) in [5.41, 5.74) is 2.68. The molecule has 4 nitrogen and oxygen atoms in total. The van der Waals surface area contributed by atoms with Crippen LogP contribution in [-0.2, 0) is 6.42 Å². The van der Waals surface area contributed by atoms with Crippen molar-refractivity contribution >= 4 is 5.97 Å². The largest absolute Gasteiger partial charge is 0.497 e. The van der Waals surface area contributed by atoms with Gasteiger partial charge in [0.1, 0.15) is 5.75 Å². The molecule has 0 spiro atoms. The zero-order valence-electron chi connectivity index (χ0n) is 10.9. The van der Waals surface area contributed by atoms with Gasteiger partial charge < -0.3 is 9.84 Å². The van der Waals surface area contributed by atoms with Crippen molar-refractivity contribution in [1.82, 2.24) is 4.98 Å². The Balaban J connectivity index is 2.47. The van der Waals surface area contributed by atoms with Crippen LogP contribution in [-0.4, -0.2) is 23.2 Å². The van der Waals surface area contributed by atoms with E-state index in [4.69, 9.17) is 9.84 Å². The van der Waals surface area contributed by atoms with E-state index in [1.54, 1.807) is 6.07 Å². The monoisotopic (exact) mass is 257 g/mol. The molecule has 1 aromatic carbocycles. The first kappa shape index (κ1) is 13.1. The van der Waals surface area contributed by atoms with Crippen LogP contribution in [0.5, 0.6) is 5.75 Å². The first-order valence-electron chi connectivity index (χ1n) is 6.02. The van der Waals surface area contributed by atoms with Gasteiger partial charge in [-0.25, -0.2) is 9.78 Å². The smallest absolute Gasteiger partial charge is 0.354 e. The van der Waals surface area contributed by atoms with Gasteiger partial charge >= 0.3 is 5.97 Å². The van der Waals surface area contributed by atoms with Crippen LogP contribution >= 0.6 is 0 Å². The van der Waals surface area contributed by atoms with E-state index in [-0.39, 0.29) is 5.69 Å². The van der Waals surface area contributed by atoms with Crippen LogP contribution in [0.25, 0.3) is 11.3 Å². The fourth-order valence-corrected chi connectivity index (χ4v) is 1.79. The molecule has 0 unspecified atom stereocenters. The maximum atomic E-state index is 11.0. The summed E-state index contributed by atoms with van der Waals surface area (Å²) in [4.78, 5) is 15.2. The molecule has 0 aliphatic rings. The molecule has 2 aromatic rings. The number of rotatable bonds is 4. The third-order valence-electron chi connectivity index (χ3n) is 2.91. The van der Waals surface area contributed by atoms with Gasteiger partial charge in [-0.2, -0.15) is 0 Å². The Kier molecular flexibility index (Phi) is 3.80. The molecule has 1 aromatic heterocycles. The number of hydrogen-bond acceptors (Lipinski definition) is 3. The molecule has 1 N–H and O–H groups in total. The normalized spacial score (nSPS) is 10.2. The average molecular weight is 257 g/mol. The van der Waals surface area contributed by atoms with Crippen LogP contribution in [0.3, 0.4) is 0 Å². The number of aromatic nitrogens is 1. The molecule has 0 fully saturated rings. The predicted octanol–water partition coefficient (Wildman–Crippen LogP) is 3.02. The van der Waals surface area contributed by atoms with E-state index in [0.717, 1.165) is 12.0 Å². The Hall–Kier alpha value is -2.36. The number of carbonyl (C=O) groups is 1. The molecule has 0 amide bonds. The second kappa shape index (κ2) is 5.52.